The van der Waals surface area contributed by atoms with E-state index in [1.165, 1.54) is 30.0 Å². The topological polar surface area (TPSA) is 29.5 Å². The maximum atomic E-state index is 12.1. The Kier molecular flexibility index (Phi) is 3.77. The largest absolute Gasteiger partial charge is 0.493 e. The molecule has 1 fully saturated rings. The van der Waals surface area contributed by atoms with E-state index in [4.69, 9.17) is 4.74 Å². The first-order valence-corrected chi connectivity index (χ1v) is 7.45. The van der Waals surface area contributed by atoms with Gasteiger partial charge in [-0.05, 0) is 36.1 Å². The van der Waals surface area contributed by atoms with Gasteiger partial charge in [-0.1, -0.05) is 31.6 Å². The van der Waals surface area contributed by atoms with Crippen molar-refractivity contribution in [2.75, 3.05) is 6.61 Å². The van der Waals surface area contributed by atoms with Crippen LogP contribution in [-0.4, -0.2) is 23.5 Å². The molecule has 0 atom stereocenters. The fourth-order valence-corrected chi connectivity index (χ4v) is 3.26. The van der Waals surface area contributed by atoms with Gasteiger partial charge in [-0.2, -0.15) is 0 Å². The molecule has 1 amide bonds. The number of nitrogens with zero attached hydrogens (tertiary/aromatic N) is 1. The van der Waals surface area contributed by atoms with Crippen molar-refractivity contribution in [1.82, 2.24) is 4.90 Å². The predicted molar refractivity (Wildman–Crippen MR) is 78.6 cm³/mol. The zero-order chi connectivity index (χ0) is 13.9. The van der Waals surface area contributed by atoms with Crippen LogP contribution in [0.15, 0.2) is 30.9 Å². The second kappa shape index (κ2) is 5.70. The van der Waals surface area contributed by atoms with Gasteiger partial charge < -0.3 is 9.64 Å². The predicted octanol–water partition coefficient (Wildman–Crippen LogP) is 3.08. The van der Waals surface area contributed by atoms with Gasteiger partial charge in [0.15, 0.2) is 0 Å². The summed E-state index contributed by atoms with van der Waals surface area (Å²) in [5.41, 5.74) is 2.45. The summed E-state index contributed by atoms with van der Waals surface area (Å²) in [5.74, 6) is 1.05. The van der Waals surface area contributed by atoms with Gasteiger partial charge in [-0.3, -0.25) is 4.79 Å². The quantitative estimate of drug-likeness (QED) is 0.788. The molecule has 0 spiro atoms. The second-order valence-electron chi connectivity index (χ2n) is 5.65. The summed E-state index contributed by atoms with van der Waals surface area (Å²) in [5, 5.41) is 0. The third kappa shape index (κ3) is 2.58. The van der Waals surface area contributed by atoms with Crippen molar-refractivity contribution in [2.24, 2.45) is 0 Å². The maximum absolute atomic E-state index is 12.1. The molecule has 1 saturated carbocycles. The Bertz CT molecular complexity index is 518. The molecule has 20 heavy (non-hydrogen) atoms. The fourth-order valence-electron chi connectivity index (χ4n) is 3.26. The third-order valence-corrected chi connectivity index (χ3v) is 4.33. The first-order chi connectivity index (χ1) is 9.78. The van der Waals surface area contributed by atoms with E-state index in [2.05, 4.69) is 18.7 Å². The van der Waals surface area contributed by atoms with Gasteiger partial charge in [0, 0.05) is 19.0 Å². The Morgan fingerprint density at radius 1 is 1.40 bits per heavy atom. The normalized spacial score (nSPS) is 17.6. The molecule has 1 heterocycles. The number of hydrogen-bond donors (Lipinski definition) is 0. The average Bonchev–Trinajstić information content (AvgIpc) is 3.14. The lowest BCUT2D eigenvalue weighted by atomic mass is 10.1. The average molecular weight is 271 g/mol. The number of carbonyl (C=O) groups is 1. The van der Waals surface area contributed by atoms with Crippen molar-refractivity contribution in [1.29, 1.82) is 0 Å². The lowest BCUT2D eigenvalue weighted by molar-refractivity contribution is -0.128. The Balaban J connectivity index is 1.78. The number of amides is 1. The number of rotatable bonds is 4. The molecule has 106 valence electrons. The van der Waals surface area contributed by atoms with Crippen LogP contribution in [0.5, 0.6) is 5.75 Å². The number of fused-ring (bicyclic) bond motifs is 1. The summed E-state index contributed by atoms with van der Waals surface area (Å²) in [7, 11) is 0. The van der Waals surface area contributed by atoms with Gasteiger partial charge in [0.1, 0.15) is 5.75 Å². The molecule has 0 N–H and O–H groups in total. The molecule has 3 heteroatoms. The number of carbonyl (C=O) groups excluding carboxylic acids is 1. The second-order valence-corrected chi connectivity index (χ2v) is 5.65. The molecule has 0 unspecified atom stereocenters. The van der Waals surface area contributed by atoms with E-state index in [-0.39, 0.29) is 5.91 Å². The number of hydrogen-bond acceptors (Lipinski definition) is 2. The lowest BCUT2D eigenvalue weighted by Crippen LogP contribution is -2.37. The van der Waals surface area contributed by atoms with Crippen LogP contribution in [0.3, 0.4) is 0 Å². The van der Waals surface area contributed by atoms with E-state index in [0.717, 1.165) is 31.6 Å². The van der Waals surface area contributed by atoms with Gasteiger partial charge in [0.05, 0.1) is 6.61 Å². The third-order valence-electron chi connectivity index (χ3n) is 4.33. The molecule has 3 rings (SSSR count). The van der Waals surface area contributed by atoms with Crippen LogP contribution in [0.25, 0.3) is 0 Å². The van der Waals surface area contributed by atoms with Gasteiger partial charge in [-0.25, -0.2) is 0 Å². The van der Waals surface area contributed by atoms with Crippen LogP contribution >= 0.6 is 0 Å². The molecule has 2 aliphatic rings. The summed E-state index contributed by atoms with van der Waals surface area (Å²) < 4.78 is 5.53. The van der Waals surface area contributed by atoms with Gasteiger partial charge in [-0.15, -0.1) is 0 Å². The minimum absolute atomic E-state index is 0.0497. The van der Waals surface area contributed by atoms with Crippen molar-refractivity contribution in [3.63, 3.8) is 0 Å². The standard InChI is InChI=1S/C17H21NO2/c1-2-17(19)18(15-5-3-4-6-15)12-13-7-8-16-14(11-13)9-10-20-16/h2,7-8,11,15H,1,3-6,9-10,12H2. The highest BCUT2D eigenvalue weighted by molar-refractivity contribution is 5.87. The minimum atomic E-state index is 0.0497. The van der Waals surface area contributed by atoms with E-state index in [1.54, 1.807) is 0 Å². The van der Waals surface area contributed by atoms with Crippen molar-refractivity contribution < 1.29 is 9.53 Å². The number of benzene rings is 1. The van der Waals surface area contributed by atoms with Crippen LogP contribution in [0.4, 0.5) is 0 Å². The Morgan fingerprint density at radius 3 is 2.95 bits per heavy atom. The summed E-state index contributed by atoms with van der Waals surface area (Å²) in [6.45, 7) is 5.10. The Hall–Kier alpha value is -1.77. The summed E-state index contributed by atoms with van der Waals surface area (Å²) in [6, 6.07) is 6.66. The first kappa shape index (κ1) is 13.2. The molecular weight excluding hydrogens is 250 g/mol. The summed E-state index contributed by atoms with van der Waals surface area (Å²) in [4.78, 5) is 14.1. The summed E-state index contributed by atoms with van der Waals surface area (Å²) >= 11 is 0. The van der Waals surface area contributed by atoms with Crippen LogP contribution in [0.2, 0.25) is 0 Å². The Morgan fingerprint density at radius 2 is 2.20 bits per heavy atom. The molecule has 1 aromatic rings. The molecule has 0 radical (unpaired) electrons. The van der Waals surface area contributed by atoms with Crippen LogP contribution in [0, 0.1) is 0 Å². The molecule has 0 saturated heterocycles. The molecule has 1 aliphatic heterocycles. The first-order valence-electron chi connectivity index (χ1n) is 7.45. The molecule has 0 bridgehead atoms. The molecule has 0 aromatic heterocycles. The van der Waals surface area contributed by atoms with E-state index in [1.807, 2.05) is 11.0 Å². The monoisotopic (exact) mass is 271 g/mol. The van der Waals surface area contributed by atoms with Crippen LogP contribution < -0.4 is 4.74 Å². The minimum Gasteiger partial charge on any atom is -0.493 e. The smallest absolute Gasteiger partial charge is 0.246 e. The zero-order valence-corrected chi connectivity index (χ0v) is 11.8. The zero-order valence-electron chi connectivity index (χ0n) is 11.8. The lowest BCUT2D eigenvalue weighted by Gasteiger charge is -2.28. The van der Waals surface area contributed by atoms with Crippen LogP contribution in [0.1, 0.15) is 36.8 Å². The van der Waals surface area contributed by atoms with E-state index >= 15 is 0 Å². The Labute approximate surface area is 120 Å². The van der Waals surface area contributed by atoms with E-state index < -0.39 is 0 Å². The van der Waals surface area contributed by atoms with E-state index in [0.29, 0.717) is 12.6 Å². The molecular formula is C17H21NO2. The molecule has 3 nitrogen and oxygen atoms in total. The van der Waals surface area contributed by atoms with Gasteiger partial charge in [0.25, 0.3) is 0 Å². The fraction of sp³-hybridized carbons (Fsp3) is 0.471. The highest BCUT2D eigenvalue weighted by Crippen LogP contribution is 2.29. The van der Waals surface area contributed by atoms with Crippen molar-refractivity contribution in [2.45, 2.75) is 44.7 Å². The van der Waals surface area contributed by atoms with Crippen LogP contribution in [-0.2, 0) is 17.8 Å². The molecule has 1 aromatic carbocycles. The van der Waals surface area contributed by atoms with Gasteiger partial charge in [0.2, 0.25) is 5.91 Å². The maximum Gasteiger partial charge on any atom is 0.246 e. The SMILES string of the molecule is C=CC(=O)N(Cc1ccc2c(c1)CCO2)C1CCCC1. The van der Waals surface area contributed by atoms with Crippen molar-refractivity contribution in [3.8, 4) is 5.75 Å². The summed E-state index contributed by atoms with van der Waals surface area (Å²) in [6.07, 6.45) is 7.10. The highest BCUT2D eigenvalue weighted by Gasteiger charge is 2.25. The van der Waals surface area contributed by atoms with Crippen molar-refractivity contribution >= 4 is 5.91 Å². The highest BCUT2D eigenvalue weighted by atomic mass is 16.5. The van der Waals surface area contributed by atoms with Gasteiger partial charge >= 0.3 is 0 Å². The number of ether oxygens (including phenoxy) is 1. The van der Waals surface area contributed by atoms with Crippen molar-refractivity contribution in [3.05, 3.63) is 42.0 Å². The molecule has 1 aliphatic carbocycles. The van der Waals surface area contributed by atoms with E-state index in [9.17, 15) is 4.79 Å².